The topological polar surface area (TPSA) is 64.9 Å². The second-order valence-corrected chi connectivity index (χ2v) is 6.49. The Labute approximate surface area is 160 Å². The van der Waals surface area contributed by atoms with E-state index in [2.05, 4.69) is 10.1 Å². The van der Waals surface area contributed by atoms with Crippen LogP contribution < -0.4 is 5.73 Å². The molecule has 0 aliphatic heterocycles. The van der Waals surface area contributed by atoms with Gasteiger partial charge in [0.15, 0.2) is 5.76 Å². The van der Waals surface area contributed by atoms with Gasteiger partial charge in [0.05, 0.1) is 11.8 Å². The minimum absolute atomic E-state index is 0.233. The molecule has 0 spiro atoms. The number of benzene rings is 2. The number of hydrogen-bond donors (Lipinski definition) is 1. The summed E-state index contributed by atoms with van der Waals surface area (Å²) in [6, 6.07) is 16.8. The number of nitrogens with zero attached hydrogens (tertiary/aromatic N) is 2. The molecule has 0 fully saturated rings. The molecule has 0 radical (unpaired) electrons. The summed E-state index contributed by atoms with van der Waals surface area (Å²) in [6.45, 7) is 0. The number of rotatable bonds is 5. The van der Waals surface area contributed by atoms with Crippen molar-refractivity contribution in [3.05, 3.63) is 101 Å². The average Bonchev–Trinajstić information content (AvgIpc) is 3.15. The van der Waals surface area contributed by atoms with Gasteiger partial charge in [-0.05, 0) is 41.8 Å². The SMILES string of the molecule is Nc1ncccc1-c1oncc1C(Cc1cc(F)cc(F)c1)c1ccccc1. The van der Waals surface area contributed by atoms with E-state index in [0.29, 0.717) is 29.1 Å². The molecule has 140 valence electrons. The maximum absolute atomic E-state index is 13.7. The summed E-state index contributed by atoms with van der Waals surface area (Å²) in [6.07, 6.45) is 3.58. The first-order valence-electron chi connectivity index (χ1n) is 8.77. The number of halogens is 2. The molecule has 4 rings (SSSR count). The molecule has 2 aromatic carbocycles. The van der Waals surface area contributed by atoms with E-state index in [4.69, 9.17) is 10.3 Å². The normalized spacial score (nSPS) is 12.1. The molecule has 4 aromatic rings. The van der Waals surface area contributed by atoms with Crippen molar-refractivity contribution >= 4 is 5.82 Å². The highest BCUT2D eigenvalue weighted by Crippen LogP contribution is 2.37. The monoisotopic (exact) mass is 377 g/mol. The quantitative estimate of drug-likeness (QED) is 0.533. The number of hydrogen-bond acceptors (Lipinski definition) is 4. The minimum atomic E-state index is -0.608. The smallest absolute Gasteiger partial charge is 0.174 e. The fourth-order valence-corrected chi connectivity index (χ4v) is 3.37. The van der Waals surface area contributed by atoms with Crippen molar-refractivity contribution in [2.45, 2.75) is 12.3 Å². The molecule has 0 aliphatic carbocycles. The fourth-order valence-electron chi connectivity index (χ4n) is 3.37. The lowest BCUT2D eigenvalue weighted by molar-refractivity contribution is 0.431. The molecule has 0 amide bonds. The second-order valence-electron chi connectivity index (χ2n) is 6.49. The molecule has 28 heavy (non-hydrogen) atoms. The number of nitrogen functional groups attached to an aromatic ring is 1. The Balaban J connectivity index is 1.82. The summed E-state index contributed by atoms with van der Waals surface area (Å²) in [4.78, 5) is 4.11. The summed E-state index contributed by atoms with van der Waals surface area (Å²) in [5.74, 6) is -0.628. The Bertz CT molecular complexity index is 1080. The number of aromatic nitrogens is 2. The molecule has 4 nitrogen and oxygen atoms in total. The van der Waals surface area contributed by atoms with E-state index >= 15 is 0 Å². The number of anilines is 1. The van der Waals surface area contributed by atoms with Crippen molar-refractivity contribution in [1.82, 2.24) is 10.1 Å². The maximum atomic E-state index is 13.7. The van der Waals surface area contributed by atoms with Crippen LogP contribution in [0.25, 0.3) is 11.3 Å². The van der Waals surface area contributed by atoms with E-state index in [0.717, 1.165) is 17.2 Å². The molecule has 2 aromatic heterocycles. The van der Waals surface area contributed by atoms with Gasteiger partial charge in [0, 0.05) is 23.7 Å². The molecule has 0 saturated heterocycles. The summed E-state index contributed by atoms with van der Waals surface area (Å²) in [5.41, 5.74) is 8.92. The van der Waals surface area contributed by atoms with Gasteiger partial charge >= 0.3 is 0 Å². The number of nitrogens with two attached hydrogens (primary N) is 1. The van der Waals surface area contributed by atoms with Crippen molar-refractivity contribution in [3.63, 3.8) is 0 Å². The highest BCUT2D eigenvalue weighted by Gasteiger charge is 2.24. The molecular weight excluding hydrogens is 360 g/mol. The zero-order valence-corrected chi connectivity index (χ0v) is 14.8. The summed E-state index contributed by atoms with van der Waals surface area (Å²) in [5, 5.41) is 3.96. The van der Waals surface area contributed by atoms with Crippen LogP contribution >= 0.6 is 0 Å². The third-order valence-corrected chi connectivity index (χ3v) is 4.62. The lowest BCUT2D eigenvalue weighted by atomic mass is 9.85. The average molecular weight is 377 g/mol. The number of pyridine rings is 1. The first kappa shape index (κ1) is 17.9. The highest BCUT2D eigenvalue weighted by molar-refractivity contribution is 5.72. The summed E-state index contributed by atoms with van der Waals surface area (Å²) in [7, 11) is 0. The van der Waals surface area contributed by atoms with Crippen molar-refractivity contribution < 1.29 is 13.3 Å². The molecule has 0 bridgehead atoms. The van der Waals surface area contributed by atoms with Gasteiger partial charge in [0.1, 0.15) is 17.5 Å². The zero-order chi connectivity index (χ0) is 19.5. The van der Waals surface area contributed by atoms with Gasteiger partial charge in [-0.3, -0.25) is 0 Å². The van der Waals surface area contributed by atoms with E-state index in [1.54, 1.807) is 24.5 Å². The minimum Gasteiger partial charge on any atom is -0.383 e. The van der Waals surface area contributed by atoms with Crippen LogP contribution in [0.15, 0.2) is 77.6 Å². The molecular formula is C22H17F2N3O. The largest absolute Gasteiger partial charge is 0.383 e. The lowest BCUT2D eigenvalue weighted by Gasteiger charge is -2.18. The van der Waals surface area contributed by atoms with Gasteiger partial charge in [0.2, 0.25) is 0 Å². The fraction of sp³-hybridized carbons (Fsp3) is 0.0909. The molecule has 2 heterocycles. The third-order valence-electron chi connectivity index (χ3n) is 4.62. The Morgan fingerprint density at radius 3 is 2.43 bits per heavy atom. The molecule has 1 atom stereocenters. The van der Waals surface area contributed by atoms with Crippen LogP contribution in [0.5, 0.6) is 0 Å². The van der Waals surface area contributed by atoms with Gasteiger partial charge in [-0.15, -0.1) is 0 Å². The molecule has 6 heteroatoms. The Hall–Kier alpha value is -3.54. The zero-order valence-electron chi connectivity index (χ0n) is 14.8. The van der Waals surface area contributed by atoms with Gasteiger partial charge < -0.3 is 10.3 Å². The van der Waals surface area contributed by atoms with Gasteiger partial charge in [-0.1, -0.05) is 35.5 Å². The van der Waals surface area contributed by atoms with Crippen LogP contribution in [0.4, 0.5) is 14.6 Å². The predicted octanol–water partition coefficient (Wildman–Crippen LogP) is 4.97. The van der Waals surface area contributed by atoms with Crippen molar-refractivity contribution in [1.29, 1.82) is 0 Å². The first-order chi connectivity index (χ1) is 13.6. The van der Waals surface area contributed by atoms with Crippen LogP contribution in [0.3, 0.4) is 0 Å². The Morgan fingerprint density at radius 2 is 1.71 bits per heavy atom. The Morgan fingerprint density at radius 1 is 0.964 bits per heavy atom. The van der Waals surface area contributed by atoms with Gasteiger partial charge in [0.25, 0.3) is 0 Å². The van der Waals surface area contributed by atoms with Crippen molar-refractivity contribution in [2.75, 3.05) is 5.73 Å². The van der Waals surface area contributed by atoms with E-state index < -0.39 is 11.6 Å². The molecule has 0 saturated carbocycles. The summed E-state index contributed by atoms with van der Waals surface area (Å²) >= 11 is 0. The highest BCUT2D eigenvalue weighted by atomic mass is 19.1. The predicted molar refractivity (Wildman–Crippen MR) is 102 cm³/mol. The van der Waals surface area contributed by atoms with Gasteiger partial charge in [-0.2, -0.15) is 0 Å². The molecule has 0 aliphatic rings. The van der Waals surface area contributed by atoms with Crippen LogP contribution in [0.1, 0.15) is 22.6 Å². The van der Waals surface area contributed by atoms with Gasteiger partial charge in [-0.25, -0.2) is 13.8 Å². The summed E-state index contributed by atoms with van der Waals surface area (Å²) < 4.78 is 33.0. The molecule has 2 N–H and O–H groups in total. The van der Waals surface area contributed by atoms with Crippen LogP contribution in [0, 0.1) is 11.6 Å². The maximum Gasteiger partial charge on any atom is 0.174 e. The van der Waals surface area contributed by atoms with Crippen molar-refractivity contribution in [3.8, 4) is 11.3 Å². The molecule has 1 unspecified atom stereocenters. The first-order valence-corrected chi connectivity index (χ1v) is 8.77. The van der Waals surface area contributed by atoms with Crippen LogP contribution in [-0.2, 0) is 6.42 Å². The van der Waals surface area contributed by atoms with Crippen molar-refractivity contribution in [2.24, 2.45) is 0 Å². The standard InChI is InChI=1S/C22H17F2N3O/c23-16-9-14(10-17(24)12-16)11-19(15-5-2-1-3-6-15)20-13-27-28-21(20)18-7-4-8-26-22(18)25/h1-10,12-13,19H,11H2,(H2,25,26). The van der Waals surface area contributed by atoms with Crippen LogP contribution in [-0.4, -0.2) is 10.1 Å². The Kier molecular flexibility index (Phi) is 4.85. The lowest BCUT2D eigenvalue weighted by Crippen LogP contribution is -2.07. The second kappa shape index (κ2) is 7.60. The van der Waals surface area contributed by atoms with E-state index in [-0.39, 0.29) is 5.92 Å². The van der Waals surface area contributed by atoms with E-state index in [1.807, 2.05) is 30.3 Å². The van der Waals surface area contributed by atoms with E-state index in [9.17, 15) is 8.78 Å². The third kappa shape index (κ3) is 3.62. The van der Waals surface area contributed by atoms with E-state index in [1.165, 1.54) is 12.1 Å². The van der Waals surface area contributed by atoms with Crippen LogP contribution in [0.2, 0.25) is 0 Å².